The van der Waals surface area contributed by atoms with Gasteiger partial charge in [-0.25, -0.2) is 4.79 Å². The Hall–Kier alpha value is -2.12. The molecule has 1 aromatic carbocycles. The molecule has 0 saturated carbocycles. The van der Waals surface area contributed by atoms with E-state index in [9.17, 15) is 4.79 Å². The van der Waals surface area contributed by atoms with Gasteiger partial charge in [0.05, 0.1) is 24.1 Å². The van der Waals surface area contributed by atoms with Crippen molar-refractivity contribution in [1.82, 2.24) is 9.78 Å². The van der Waals surface area contributed by atoms with Crippen LogP contribution in [0.3, 0.4) is 0 Å². The minimum Gasteiger partial charge on any atom is -0.462 e. The van der Waals surface area contributed by atoms with Crippen LogP contribution in [0.4, 0.5) is 0 Å². The predicted molar refractivity (Wildman–Crippen MR) is 104 cm³/mol. The summed E-state index contributed by atoms with van der Waals surface area (Å²) in [5.74, 6) is 0.437. The van der Waals surface area contributed by atoms with Crippen LogP contribution in [0.5, 0.6) is 10.8 Å². The van der Waals surface area contributed by atoms with Crippen molar-refractivity contribution >= 4 is 33.2 Å². The van der Waals surface area contributed by atoms with Gasteiger partial charge in [0.1, 0.15) is 10.6 Å². The lowest BCUT2D eigenvalue weighted by Gasteiger charge is -2.16. The molecule has 0 fully saturated rings. The van der Waals surface area contributed by atoms with E-state index in [4.69, 9.17) is 9.47 Å². The second-order valence-electron chi connectivity index (χ2n) is 5.99. The van der Waals surface area contributed by atoms with Crippen molar-refractivity contribution < 1.29 is 14.3 Å². The number of ether oxygens (including phenoxy) is 2. The molecule has 26 heavy (non-hydrogen) atoms. The van der Waals surface area contributed by atoms with Crippen LogP contribution in [0.2, 0.25) is 0 Å². The summed E-state index contributed by atoms with van der Waals surface area (Å²) in [6, 6.07) is 7.65. The largest absolute Gasteiger partial charge is 0.462 e. The van der Waals surface area contributed by atoms with Crippen LogP contribution in [0.15, 0.2) is 34.9 Å². The molecule has 5 nitrogen and oxygen atoms in total. The fourth-order valence-corrected chi connectivity index (χ4v) is 4.59. The molecule has 7 heteroatoms. The summed E-state index contributed by atoms with van der Waals surface area (Å²) in [4.78, 5) is 13.1. The van der Waals surface area contributed by atoms with Gasteiger partial charge >= 0.3 is 5.97 Å². The molecule has 0 unspecified atom stereocenters. The van der Waals surface area contributed by atoms with Crippen LogP contribution in [-0.4, -0.2) is 22.4 Å². The van der Waals surface area contributed by atoms with Crippen molar-refractivity contribution in [1.29, 1.82) is 0 Å². The van der Waals surface area contributed by atoms with E-state index < -0.39 is 0 Å². The third-order valence-electron chi connectivity index (χ3n) is 4.36. The number of carbonyl (C=O) groups is 1. The Labute approximate surface area is 163 Å². The molecule has 3 aromatic rings. The summed E-state index contributed by atoms with van der Waals surface area (Å²) in [6.07, 6.45) is 3.53. The number of carbonyl (C=O) groups excluding carboxylic acids is 1. The molecule has 0 bridgehead atoms. The van der Waals surface area contributed by atoms with Gasteiger partial charge in [-0.3, -0.25) is 4.68 Å². The maximum atomic E-state index is 12.5. The predicted octanol–water partition coefficient (Wildman–Crippen LogP) is 4.98. The number of hydrogen-bond acceptors (Lipinski definition) is 5. The zero-order valence-electron chi connectivity index (χ0n) is 14.4. The van der Waals surface area contributed by atoms with Crippen molar-refractivity contribution in [2.24, 2.45) is 7.05 Å². The zero-order valence-corrected chi connectivity index (χ0v) is 16.8. The van der Waals surface area contributed by atoms with Crippen molar-refractivity contribution in [3.8, 4) is 22.1 Å². The highest BCUT2D eigenvalue weighted by Crippen LogP contribution is 2.48. The minimum atomic E-state index is -0.287. The van der Waals surface area contributed by atoms with E-state index in [-0.39, 0.29) is 5.97 Å². The standard InChI is InChI=1S/C19H17BrN2O3S/c1-3-24-18(23)17-14-9-4-11-10-21-22(2)16(11)15(14)19(26-17)25-13-7-5-12(20)6-8-13/h5-8,10H,3-4,9H2,1-2H3. The summed E-state index contributed by atoms with van der Waals surface area (Å²) in [7, 11) is 1.92. The summed E-state index contributed by atoms with van der Waals surface area (Å²) in [5, 5.41) is 5.09. The fraction of sp³-hybridized carbons (Fsp3) is 0.263. The normalized spacial score (nSPS) is 12.4. The minimum absolute atomic E-state index is 0.287. The first-order valence-corrected chi connectivity index (χ1v) is 9.97. The Balaban J connectivity index is 1.84. The van der Waals surface area contributed by atoms with E-state index >= 15 is 0 Å². The number of benzene rings is 1. The molecule has 2 heterocycles. The molecule has 0 saturated heterocycles. The van der Waals surface area contributed by atoms with E-state index in [1.165, 1.54) is 16.9 Å². The van der Waals surface area contributed by atoms with Crippen LogP contribution in [0.1, 0.15) is 27.7 Å². The van der Waals surface area contributed by atoms with Crippen LogP contribution < -0.4 is 4.74 Å². The maximum Gasteiger partial charge on any atom is 0.348 e. The second-order valence-corrected chi connectivity index (χ2v) is 7.89. The highest BCUT2D eigenvalue weighted by atomic mass is 79.9. The van der Waals surface area contributed by atoms with Gasteiger partial charge in [-0.05, 0) is 55.2 Å². The number of esters is 1. The zero-order chi connectivity index (χ0) is 18.3. The third-order valence-corrected chi connectivity index (χ3v) is 5.97. The van der Waals surface area contributed by atoms with Gasteiger partial charge in [-0.15, -0.1) is 0 Å². The number of fused-ring (bicyclic) bond motifs is 3. The maximum absolute atomic E-state index is 12.5. The number of aryl methyl sites for hydroxylation is 2. The number of hydrogen-bond donors (Lipinski definition) is 0. The Morgan fingerprint density at radius 1 is 1.31 bits per heavy atom. The first-order valence-electron chi connectivity index (χ1n) is 8.36. The van der Waals surface area contributed by atoms with E-state index in [2.05, 4.69) is 21.0 Å². The molecule has 0 aliphatic heterocycles. The molecule has 4 rings (SSSR count). The van der Waals surface area contributed by atoms with Crippen LogP contribution in [0.25, 0.3) is 11.3 Å². The average Bonchev–Trinajstić information content (AvgIpc) is 3.18. The lowest BCUT2D eigenvalue weighted by Crippen LogP contribution is -2.10. The lowest BCUT2D eigenvalue weighted by molar-refractivity contribution is 0.0531. The first-order chi connectivity index (χ1) is 12.6. The molecule has 0 N–H and O–H groups in total. The van der Waals surface area contributed by atoms with Gasteiger partial charge in [0, 0.05) is 11.5 Å². The second kappa shape index (κ2) is 6.89. The van der Waals surface area contributed by atoms with Crippen molar-refractivity contribution in [2.45, 2.75) is 19.8 Å². The van der Waals surface area contributed by atoms with E-state index in [1.807, 2.05) is 49.1 Å². The summed E-state index contributed by atoms with van der Waals surface area (Å²) < 4.78 is 14.3. The van der Waals surface area contributed by atoms with Crippen molar-refractivity contribution in [3.05, 3.63) is 50.9 Å². The highest BCUT2D eigenvalue weighted by molar-refractivity contribution is 9.10. The molecule has 134 valence electrons. The van der Waals surface area contributed by atoms with Gasteiger partial charge in [0.25, 0.3) is 0 Å². The summed E-state index contributed by atoms with van der Waals surface area (Å²) in [6.45, 7) is 2.17. The quantitative estimate of drug-likeness (QED) is 0.545. The fourth-order valence-electron chi connectivity index (χ4n) is 3.21. The highest BCUT2D eigenvalue weighted by Gasteiger charge is 2.32. The molecule has 2 aromatic heterocycles. The number of aromatic nitrogens is 2. The summed E-state index contributed by atoms with van der Waals surface area (Å²) in [5.41, 5.74) is 4.15. The lowest BCUT2D eigenvalue weighted by atomic mass is 9.91. The number of rotatable bonds is 4. The van der Waals surface area contributed by atoms with Crippen LogP contribution in [-0.2, 0) is 24.6 Å². The Kier molecular flexibility index (Phi) is 4.58. The van der Waals surface area contributed by atoms with Crippen molar-refractivity contribution in [2.75, 3.05) is 6.61 Å². The Morgan fingerprint density at radius 3 is 2.81 bits per heavy atom. The smallest absolute Gasteiger partial charge is 0.348 e. The van der Waals surface area contributed by atoms with Crippen molar-refractivity contribution in [3.63, 3.8) is 0 Å². The molecule has 1 aliphatic rings. The first kappa shape index (κ1) is 17.3. The molecular weight excluding hydrogens is 416 g/mol. The Morgan fingerprint density at radius 2 is 2.08 bits per heavy atom. The molecule has 0 atom stereocenters. The third kappa shape index (κ3) is 2.95. The van der Waals surface area contributed by atoms with Gasteiger partial charge in [0.15, 0.2) is 5.06 Å². The topological polar surface area (TPSA) is 53.4 Å². The molecule has 0 spiro atoms. The van der Waals surface area contributed by atoms with E-state index in [1.54, 1.807) is 0 Å². The van der Waals surface area contributed by atoms with E-state index in [0.29, 0.717) is 16.5 Å². The van der Waals surface area contributed by atoms with Gasteiger partial charge < -0.3 is 9.47 Å². The Bertz CT molecular complexity index is 976. The van der Waals surface area contributed by atoms with Crippen LogP contribution >= 0.6 is 27.3 Å². The number of thiophene rings is 1. The number of halogens is 1. The van der Waals surface area contributed by atoms with Gasteiger partial charge in [-0.2, -0.15) is 5.10 Å². The van der Waals surface area contributed by atoms with Gasteiger partial charge in [0.2, 0.25) is 0 Å². The molecule has 1 aliphatic carbocycles. The van der Waals surface area contributed by atoms with Crippen LogP contribution in [0, 0.1) is 0 Å². The summed E-state index contributed by atoms with van der Waals surface area (Å²) >= 11 is 4.78. The molecule has 0 amide bonds. The SMILES string of the molecule is CCOC(=O)c1sc(Oc2ccc(Br)cc2)c2c1CCc1cnn(C)c1-2. The monoisotopic (exact) mass is 432 g/mol. The van der Waals surface area contributed by atoms with E-state index in [0.717, 1.165) is 39.9 Å². The molecule has 0 radical (unpaired) electrons. The molecular formula is C19H17BrN2O3S. The average molecular weight is 433 g/mol. The van der Waals surface area contributed by atoms with Gasteiger partial charge in [-0.1, -0.05) is 27.3 Å². The number of nitrogens with zero attached hydrogens (tertiary/aromatic N) is 2.